The topological polar surface area (TPSA) is 43.8 Å². The molecule has 0 saturated carbocycles. The Hall–Kier alpha value is -1.77. The van der Waals surface area contributed by atoms with Crippen molar-refractivity contribution in [3.8, 4) is 0 Å². The second-order valence-electron chi connectivity index (χ2n) is 3.21. The van der Waals surface area contributed by atoms with E-state index in [1.807, 2.05) is 18.2 Å². The van der Waals surface area contributed by atoms with Crippen LogP contribution in [0.5, 0.6) is 0 Å². The molecule has 3 heteroatoms. The van der Waals surface area contributed by atoms with Gasteiger partial charge < -0.3 is 5.73 Å². The van der Waals surface area contributed by atoms with Gasteiger partial charge in [0.05, 0.1) is 17.9 Å². The van der Waals surface area contributed by atoms with E-state index in [2.05, 4.69) is 24.2 Å². The fraction of sp³-hybridized carbons (Fsp3) is 0.0909. The van der Waals surface area contributed by atoms with Crippen molar-refractivity contribution in [2.24, 2.45) is 0 Å². The smallest absolute Gasteiger partial charge is 0.0857 e. The van der Waals surface area contributed by atoms with Crippen LogP contribution in [-0.2, 0) is 6.54 Å². The number of anilines is 1. The SMILES string of the molecule is [CH2]c1nn(Cc2ccccc2)cc1N. The molecule has 0 spiro atoms. The molecule has 71 valence electrons. The molecule has 2 N–H and O–H groups in total. The highest BCUT2D eigenvalue weighted by atomic mass is 15.3. The molecule has 3 nitrogen and oxygen atoms in total. The molecule has 14 heavy (non-hydrogen) atoms. The summed E-state index contributed by atoms with van der Waals surface area (Å²) in [7, 11) is 0. The van der Waals surface area contributed by atoms with Gasteiger partial charge in [-0.2, -0.15) is 5.10 Å². The van der Waals surface area contributed by atoms with Gasteiger partial charge in [0.25, 0.3) is 0 Å². The van der Waals surface area contributed by atoms with Crippen molar-refractivity contribution in [2.75, 3.05) is 5.73 Å². The van der Waals surface area contributed by atoms with Crippen molar-refractivity contribution in [3.63, 3.8) is 0 Å². The van der Waals surface area contributed by atoms with Crippen molar-refractivity contribution in [2.45, 2.75) is 6.54 Å². The standard InChI is InChI=1S/C11H12N3/c1-9-11(12)8-14(13-9)7-10-5-3-2-4-6-10/h2-6,8H,1,7,12H2. The van der Waals surface area contributed by atoms with Gasteiger partial charge in [-0.1, -0.05) is 30.3 Å². The number of nitrogens with two attached hydrogens (primary N) is 1. The van der Waals surface area contributed by atoms with Crippen LogP contribution in [0, 0.1) is 6.92 Å². The van der Waals surface area contributed by atoms with E-state index in [1.54, 1.807) is 10.9 Å². The van der Waals surface area contributed by atoms with Gasteiger partial charge in [0.15, 0.2) is 0 Å². The van der Waals surface area contributed by atoms with Crippen molar-refractivity contribution in [1.29, 1.82) is 0 Å². The highest BCUT2D eigenvalue weighted by Crippen LogP contribution is 2.08. The Balaban J connectivity index is 2.19. The van der Waals surface area contributed by atoms with E-state index in [0.717, 1.165) is 6.54 Å². The zero-order valence-corrected chi connectivity index (χ0v) is 7.85. The molecule has 0 bridgehead atoms. The molecule has 0 saturated heterocycles. The molecular weight excluding hydrogens is 174 g/mol. The molecule has 0 fully saturated rings. The number of rotatable bonds is 2. The molecule has 0 aliphatic heterocycles. The van der Waals surface area contributed by atoms with Gasteiger partial charge in [-0.15, -0.1) is 0 Å². The molecular formula is C11H12N3. The molecule has 1 radical (unpaired) electrons. The summed E-state index contributed by atoms with van der Waals surface area (Å²) in [4.78, 5) is 0. The van der Waals surface area contributed by atoms with Crippen molar-refractivity contribution >= 4 is 5.69 Å². The monoisotopic (exact) mass is 186 g/mol. The van der Waals surface area contributed by atoms with Gasteiger partial charge in [0, 0.05) is 6.20 Å². The normalized spacial score (nSPS) is 10.4. The van der Waals surface area contributed by atoms with E-state index >= 15 is 0 Å². The molecule has 0 atom stereocenters. The molecule has 0 amide bonds. The van der Waals surface area contributed by atoms with Gasteiger partial charge >= 0.3 is 0 Å². The van der Waals surface area contributed by atoms with Crippen molar-refractivity contribution < 1.29 is 0 Å². The molecule has 1 aromatic heterocycles. The van der Waals surface area contributed by atoms with Crippen LogP contribution in [0.25, 0.3) is 0 Å². The lowest BCUT2D eigenvalue weighted by molar-refractivity contribution is 0.683. The van der Waals surface area contributed by atoms with Crippen LogP contribution < -0.4 is 5.73 Å². The molecule has 1 aromatic carbocycles. The summed E-state index contributed by atoms with van der Waals surface area (Å²) >= 11 is 0. The molecule has 0 aliphatic carbocycles. The molecule has 2 aromatic rings. The van der Waals surface area contributed by atoms with Gasteiger partial charge in [-0.3, -0.25) is 4.68 Å². The number of aromatic nitrogens is 2. The summed E-state index contributed by atoms with van der Waals surface area (Å²) in [5.74, 6) is 0. The quantitative estimate of drug-likeness (QED) is 0.775. The van der Waals surface area contributed by atoms with Crippen LogP contribution in [-0.4, -0.2) is 9.78 Å². The number of nitrogens with zero attached hydrogens (tertiary/aromatic N) is 2. The summed E-state index contributed by atoms with van der Waals surface area (Å²) in [5, 5.41) is 4.19. The highest BCUT2D eigenvalue weighted by molar-refractivity contribution is 5.42. The van der Waals surface area contributed by atoms with Crippen LogP contribution in [0.1, 0.15) is 11.3 Å². The zero-order valence-electron chi connectivity index (χ0n) is 7.85. The Labute approximate surface area is 83.2 Å². The first-order chi connectivity index (χ1) is 6.75. The largest absolute Gasteiger partial charge is 0.396 e. The van der Waals surface area contributed by atoms with Gasteiger partial charge in [0.1, 0.15) is 0 Å². The lowest BCUT2D eigenvalue weighted by Gasteiger charge is -2.00. The minimum Gasteiger partial charge on any atom is -0.396 e. The average molecular weight is 186 g/mol. The van der Waals surface area contributed by atoms with Gasteiger partial charge in [-0.05, 0) is 12.5 Å². The zero-order chi connectivity index (χ0) is 9.97. The highest BCUT2D eigenvalue weighted by Gasteiger charge is 2.00. The maximum Gasteiger partial charge on any atom is 0.0857 e. The van der Waals surface area contributed by atoms with Crippen molar-refractivity contribution in [3.05, 3.63) is 54.7 Å². The van der Waals surface area contributed by atoms with Gasteiger partial charge in [0.2, 0.25) is 0 Å². The first kappa shape index (κ1) is 8.81. The average Bonchev–Trinajstić information content (AvgIpc) is 2.47. The third kappa shape index (κ3) is 1.76. The summed E-state index contributed by atoms with van der Waals surface area (Å²) in [6.07, 6.45) is 1.80. The number of nitrogen functional groups attached to an aromatic ring is 1. The summed E-state index contributed by atoms with van der Waals surface area (Å²) in [6.45, 7) is 4.46. The fourth-order valence-electron chi connectivity index (χ4n) is 1.33. The van der Waals surface area contributed by atoms with Crippen LogP contribution in [0.15, 0.2) is 36.5 Å². The predicted octanol–water partition coefficient (Wildman–Crippen LogP) is 1.70. The first-order valence-corrected chi connectivity index (χ1v) is 4.44. The summed E-state index contributed by atoms with van der Waals surface area (Å²) in [6, 6.07) is 10.1. The Morgan fingerprint density at radius 1 is 1.29 bits per heavy atom. The summed E-state index contributed by atoms with van der Waals surface area (Å²) < 4.78 is 1.80. The Morgan fingerprint density at radius 2 is 2.00 bits per heavy atom. The predicted molar refractivity (Wildman–Crippen MR) is 56.6 cm³/mol. The van der Waals surface area contributed by atoms with Crippen LogP contribution in [0.3, 0.4) is 0 Å². The van der Waals surface area contributed by atoms with E-state index in [1.165, 1.54) is 5.56 Å². The molecule has 1 heterocycles. The Bertz CT molecular complexity index is 398. The molecule has 0 unspecified atom stereocenters. The van der Waals surface area contributed by atoms with Crippen LogP contribution in [0.4, 0.5) is 5.69 Å². The van der Waals surface area contributed by atoms with E-state index in [-0.39, 0.29) is 0 Å². The maximum atomic E-state index is 5.65. The van der Waals surface area contributed by atoms with Crippen molar-refractivity contribution in [1.82, 2.24) is 9.78 Å². The molecule has 2 rings (SSSR count). The second kappa shape index (κ2) is 3.54. The van der Waals surface area contributed by atoms with E-state index in [9.17, 15) is 0 Å². The third-order valence-electron chi connectivity index (χ3n) is 2.06. The fourth-order valence-corrected chi connectivity index (χ4v) is 1.33. The van der Waals surface area contributed by atoms with Crippen LogP contribution >= 0.6 is 0 Å². The van der Waals surface area contributed by atoms with E-state index in [4.69, 9.17) is 5.73 Å². The number of hydrogen-bond donors (Lipinski definition) is 1. The minimum atomic E-state index is 0.640. The summed E-state index contributed by atoms with van der Waals surface area (Å²) in [5.41, 5.74) is 8.13. The number of hydrogen-bond acceptors (Lipinski definition) is 2. The first-order valence-electron chi connectivity index (χ1n) is 4.44. The Kier molecular flexibility index (Phi) is 2.23. The third-order valence-corrected chi connectivity index (χ3v) is 2.06. The number of benzene rings is 1. The van der Waals surface area contributed by atoms with Gasteiger partial charge in [-0.25, -0.2) is 0 Å². The lowest BCUT2D eigenvalue weighted by Crippen LogP contribution is -1.99. The lowest BCUT2D eigenvalue weighted by atomic mass is 10.2. The Morgan fingerprint density at radius 3 is 2.57 bits per heavy atom. The second-order valence-corrected chi connectivity index (χ2v) is 3.21. The maximum absolute atomic E-state index is 5.65. The van der Waals surface area contributed by atoms with E-state index < -0.39 is 0 Å². The van der Waals surface area contributed by atoms with E-state index in [0.29, 0.717) is 11.4 Å². The molecule has 0 aliphatic rings. The van der Waals surface area contributed by atoms with Crippen LogP contribution in [0.2, 0.25) is 0 Å². The minimum absolute atomic E-state index is 0.640.